The smallest absolute Gasteiger partial charge is 0.0541 e. The van der Waals surface area contributed by atoms with E-state index in [4.69, 9.17) is 0 Å². The van der Waals surface area contributed by atoms with Crippen molar-refractivity contribution in [3.63, 3.8) is 0 Å². The van der Waals surface area contributed by atoms with E-state index in [-0.39, 0.29) is 0 Å². The summed E-state index contributed by atoms with van der Waals surface area (Å²) in [7, 11) is 0. The van der Waals surface area contributed by atoms with Crippen LogP contribution in [0.3, 0.4) is 0 Å². The summed E-state index contributed by atoms with van der Waals surface area (Å²) >= 11 is 0. The average molecular weight is 665 g/mol. The predicted octanol–water partition coefficient (Wildman–Crippen LogP) is 13.5. The van der Waals surface area contributed by atoms with Crippen LogP contribution in [0.15, 0.2) is 182 Å². The third-order valence-electron chi connectivity index (χ3n) is 10.8. The molecule has 2 aromatic heterocycles. The minimum absolute atomic E-state index is 1.16. The zero-order valence-corrected chi connectivity index (χ0v) is 29.2. The van der Waals surface area contributed by atoms with Crippen molar-refractivity contribution in [3.05, 3.63) is 193 Å². The number of rotatable bonds is 5. The molecule has 2 heterocycles. The van der Waals surface area contributed by atoms with Crippen LogP contribution in [0.4, 0.5) is 0 Å². The van der Waals surface area contributed by atoms with Crippen molar-refractivity contribution in [1.29, 1.82) is 0 Å². The molecule has 2 heteroatoms. The molecule has 0 saturated carbocycles. The lowest BCUT2D eigenvalue weighted by atomic mass is 9.91. The van der Waals surface area contributed by atoms with Gasteiger partial charge in [0.1, 0.15) is 0 Å². The van der Waals surface area contributed by atoms with Crippen molar-refractivity contribution in [2.24, 2.45) is 0 Å². The lowest BCUT2D eigenvalue weighted by Crippen LogP contribution is -1.96. The molecule has 10 rings (SSSR count). The van der Waals surface area contributed by atoms with Crippen molar-refractivity contribution in [2.75, 3.05) is 0 Å². The van der Waals surface area contributed by atoms with Gasteiger partial charge in [-0.2, -0.15) is 0 Å². The molecule has 0 saturated heterocycles. The number of fused-ring (bicyclic) bond motifs is 6. The summed E-state index contributed by atoms with van der Waals surface area (Å²) in [5, 5.41) is 5.10. The topological polar surface area (TPSA) is 9.86 Å². The quantitative estimate of drug-likeness (QED) is 0.173. The van der Waals surface area contributed by atoms with Crippen LogP contribution in [0.1, 0.15) is 11.1 Å². The molecule has 2 nitrogen and oxygen atoms in total. The Hall–Kier alpha value is -6.64. The van der Waals surface area contributed by atoms with Gasteiger partial charge in [-0.25, -0.2) is 0 Å². The van der Waals surface area contributed by atoms with E-state index >= 15 is 0 Å². The second-order valence-electron chi connectivity index (χ2n) is 13.9. The molecule has 52 heavy (non-hydrogen) atoms. The van der Waals surface area contributed by atoms with Gasteiger partial charge in [-0.05, 0) is 119 Å². The second-order valence-corrected chi connectivity index (χ2v) is 13.9. The highest BCUT2D eigenvalue weighted by atomic mass is 15.0. The fourth-order valence-electron chi connectivity index (χ4n) is 8.24. The molecular formula is C50H36N2. The summed E-state index contributed by atoms with van der Waals surface area (Å²) in [6.07, 6.45) is 0. The van der Waals surface area contributed by atoms with Crippen LogP contribution in [0.2, 0.25) is 0 Å². The third kappa shape index (κ3) is 4.80. The molecule has 0 fully saturated rings. The van der Waals surface area contributed by atoms with Gasteiger partial charge in [-0.1, -0.05) is 121 Å². The van der Waals surface area contributed by atoms with Gasteiger partial charge in [0.15, 0.2) is 0 Å². The molecule has 10 aromatic rings. The van der Waals surface area contributed by atoms with Crippen molar-refractivity contribution >= 4 is 43.6 Å². The summed E-state index contributed by atoms with van der Waals surface area (Å²) in [5.74, 6) is 0. The molecule has 0 atom stereocenters. The lowest BCUT2D eigenvalue weighted by molar-refractivity contribution is 1.17. The first-order chi connectivity index (χ1) is 25.6. The van der Waals surface area contributed by atoms with E-state index in [0.717, 1.165) is 5.69 Å². The Labute approximate surface area is 303 Å². The highest BCUT2D eigenvalue weighted by molar-refractivity contribution is 6.10. The summed E-state index contributed by atoms with van der Waals surface area (Å²) in [4.78, 5) is 0. The number of hydrogen-bond acceptors (Lipinski definition) is 0. The molecular weight excluding hydrogens is 629 g/mol. The van der Waals surface area contributed by atoms with Gasteiger partial charge in [0, 0.05) is 32.9 Å². The first-order valence-electron chi connectivity index (χ1n) is 18.0. The molecule has 246 valence electrons. The Kier molecular flexibility index (Phi) is 6.97. The maximum Gasteiger partial charge on any atom is 0.0541 e. The van der Waals surface area contributed by atoms with E-state index in [1.54, 1.807) is 0 Å². The number of aryl methyl sites for hydroxylation is 2. The summed E-state index contributed by atoms with van der Waals surface area (Å²) in [6.45, 7) is 4.45. The number of benzene rings is 8. The third-order valence-corrected chi connectivity index (χ3v) is 10.8. The van der Waals surface area contributed by atoms with Crippen LogP contribution in [0.25, 0.3) is 88.4 Å². The number of nitrogens with zero attached hydrogens (tertiary/aromatic N) is 2. The predicted molar refractivity (Wildman–Crippen MR) is 221 cm³/mol. The van der Waals surface area contributed by atoms with Crippen LogP contribution < -0.4 is 0 Å². The van der Waals surface area contributed by atoms with Gasteiger partial charge < -0.3 is 9.13 Å². The van der Waals surface area contributed by atoms with E-state index in [2.05, 4.69) is 205 Å². The Morgan fingerprint density at radius 3 is 1.19 bits per heavy atom. The Balaban J connectivity index is 1.06. The number of para-hydroxylation sites is 4. The van der Waals surface area contributed by atoms with Gasteiger partial charge in [0.25, 0.3) is 0 Å². The summed E-state index contributed by atoms with van der Waals surface area (Å²) < 4.78 is 4.80. The minimum Gasteiger partial charge on any atom is -0.309 e. The highest BCUT2D eigenvalue weighted by Crippen LogP contribution is 2.38. The zero-order valence-electron chi connectivity index (χ0n) is 29.2. The summed E-state index contributed by atoms with van der Waals surface area (Å²) in [6, 6.07) is 66.6. The van der Waals surface area contributed by atoms with E-state index in [9.17, 15) is 0 Å². The molecule has 0 unspecified atom stereocenters. The number of hydrogen-bond donors (Lipinski definition) is 0. The molecule has 0 aliphatic carbocycles. The standard InChI is InChI=1S/C50H36N2/c1-33-25-27-38(31-45(33)46-32-40(28-26-34(46)2)52-49-23-9-5-19-43(49)44-20-6-10-24-50(44)52)36-14-11-13-35(29-36)37-15-12-16-39(30-37)51-47-21-7-3-17-41(47)42-18-4-8-22-48(42)51/h3-32H,1-2H3. The average Bonchev–Trinajstić information content (AvgIpc) is 3.72. The van der Waals surface area contributed by atoms with Gasteiger partial charge in [-0.3, -0.25) is 0 Å². The fraction of sp³-hybridized carbons (Fsp3) is 0.0400. The van der Waals surface area contributed by atoms with Crippen LogP contribution in [-0.4, -0.2) is 9.13 Å². The molecule has 0 N–H and O–H groups in total. The minimum atomic E-state index is 1.16. The van der Waals surface area contributed by atoms with Gasteiger partial charge >= 0.3 is 0 Å². The Morgan fingerprint density at radius 2 is 0.673 bits per heavy atom. The van der Waals surface area contributed by atoms with Crippen LogP contribution in [0.5, 0.6) is 0 Å². The van der Waals surface area contributed by atoms with Crippen LogP contribution in [-0.2, 0) is 0 Å². The van der Waals surface area contributed by atoms with Crippen LogP contribution >= 0.6 is 0 Å². The van der Waals surface area contributed by atoms with E-state index < -0.39 is 0 Å². The van der Waals surface area contributed by atoms with Crippen molar-refractivity contribution in [1.82, 2.24) is 9.13 Å². The fourth-order valence-corrected chi connectivity index (χ4v) is 8.24. The molecule has 0 aliphatic heterocycles. The van der Waals surface area contributed by atoms with Gasteiger partial charge in [-0.15, -0.1) is 0 Å². The first kappa shape index (κ1) is 30.2. The van der Waals surface area contributed by atoms with Crippen molar-refractivity contribution in [2.45, 2.75) is 13.8 Å². The molecule has 0 amide bonds. The Morgan fingerprint density at radius 1 is 0.288 bits per heavy atom. The molecule has 0 spiro atoms. The van der Waals surface area contributed by atoms with Crippen molar-refractivity contribution in [3.8, 4) is 44.8 Å². The van der Waals surface area contributed by atoms with Gasteiger partial charge in [0.05, 0.1) is 22.1 Å². The van der Waals surface area contributed by atoms with Crippen LogP contribution in [0, 0.1) is 13.8 Å². The SMILES string of the molecule is Cc1ccc(-c2cccc(-c3cccc(-n4c5ccccc5c5ccccc54)c3)c2)cc1-c1cc(-n2c3ccccc3c3ccccc32)ccc1C. The summed E-state index contributed by atoms with van der Waals surface area (Å²) in [5.41, 5.74) is 17.1. The maximum absolute atomic E-state index is 2.41. The largest absolute Gasteiger partial charge is 0.309 e. The van der Waals surface area contributed by atoms with E-state index in [1.165, 1.54) is 93.8 Å². The van der Waals surface area contributed by atoms with E-state index in [0.29, 0.717) is 0 Å². The van der Waals surface area contributed by atoms with Crippen molar-refractivity contribution < 1.29 is 0 Å². The zero-order chi connectivity index (χ0) is 34.8. The number of aromatic nitrogens is 2. The van der Waals surface area contributed by atoms with E-state index in [1.807, 2.05) is 0 Å². The monoisotopic (exact) mass is 664 g/mol. The molecule has 0 bridgehead atoms. The van der Waals surface area contributed by atoms with Gasteiger partial charge in [0.2, 0.25) is 0 Å². The lowest BCUT2D eigenvalue weighted by Gasteiger charge is -2.16. The molecule has 8 aromatic carbocycles. The maximum atomic E-state index is 2.41. The first-order valence-corrected chi connectivity index (χ1v) is 18.0. The highest BCUT2D eigenvalue weighted by Gasteiger charge is 2.16. The molecule has 0 aliphatic rings. The molecule has 0 radical (unpaired) electrons. The normalized spacial score (nSPS) is 11.7. The Bertz CT molecular complexity index is 2880. The second kappa shape index (κ2) is 12.0.